The minimum Gasteiger partial charge on any atom is -0.343 e. The molecule has 0 saturated heterocycles. The molecule has 0 bridgehead atoms. The molecule has 1 unspecified atom stereocenters. The Kier molecular flexibility index (Phi) is 6.03. The SMILES string of the molecule is CC(C)c1noc(C(C)NC(=O)CN(C)Cc2ccc(F)cc2)n1. The molecular weight excluding hydrogens is 311 g/mol. The van der Waals surface area contributed by atoms with Crippen LogP contribution < -0.4 is 5.32 Å². The molecule has 2 rings (SSSR count). The van der Waals surface area contributed by atoms with Crippen LogP contribution in [0.3, 0.4) is 0 Å². The summed E-state index contributed by atoms with van der Waals surface area (Å²) < 4.78 is 18.1. The van der Waals surface area contributed by atoms with Crippen LogP contribution >= 0.6 is 0 Å². The number of likely N-dealkylation sites (N-methyl/N-ethyl adjacent to an activating group) is 1. The van der Waals surface area contributed by atoms with Gasteiger partial charge in [0.2, 0.25) is 11.8 Å². The lowest BCUT2D eigenvalue weighted by Gasteiger charge is -2.17. The van der Waals surface area contributed by atoms with Gasteiger partial charge < -0.3 is 9.84 Å². The summed E-state index contributed by atoms with van der Waals surface area (Å²) in [5, 5.41) is 6.73. The highest BCUT2D eigenvalue weighted by molar-refractivity contribution is 5.78. The average molecular weight is 334 g/mol. The van der Waals surface area contributed by atoms with E-state index in [1.807, 2.05) is 25.8 Å². The molecule has 0 aliphatic rings. The van der Waals surface area contributed by atoms with Crippen LogP contribution in [0.15, 0.2) is 28.8 Å². The zero-order valence-electron chi connectivity index (χ0n) is 14.4. The number of hydrogen-bond acceptors (Lipinski definition) is 5. The topological polar surface area (TPSA) is 71.3 Å². The minimum absolute atomic E-state index is 0.142. The van der Waals surface area contributed by atoms with E-state index >= 15 is 0 Å². The Balaban J connectivity index is 1.83. The maximum absolute atomic E-state index is 12.9. The number of aromatic nitrogens is 2. The first-order valence-electron chi connectivity index (χ1n) is 7.91. The second-order valence-corrected chi connectivity index (χ2v) is 6.23. The van der Waals surface area contributed by atoms with Gasteiger partial charge in [0.05, 0.1) is 6.54 Å². The van der Waals surface area contributed by atoms with E-state index in [1.54, 1.807) is 19.1 Å². The van der Waals surface area contributed by atoms with E-state index in [2.05, 4.69) is 15.5 Å². The van der Waals surface area contributed by atoms with Gasteiger partial charge in [0.15, 0.2) is 5.82 Å². The summed E-state index contributed by atoms with van der Waals surface area (Å²) >= 11 is 0. The van der Waals surface area contributed by atoms with Crippen molar-refractivity contribution in [1.29, 1.82) is 0 Å². The Morgan fingerprint density at radius 3 is 2.54 bits per heavy atom. The van der Waals surface area contributed by atoms with Crippen LogP contribution in [0.1, 0.15) is 50.0 Å². The first kappa shape index (κ1) is 18.1. The molecule has 0 fully saturated rings. The van der Waals surface area contributed by atoms with Gasteiger partial charge in [-0.15, -0.1) is 0 Å². The zero-order chi connectivity index (χ0) is 17.7. The summed E-state index contributed by atoms with van der Waals surface area (Å²) in [4.78, 5) is 18.2. The molecule has 1 amide bonds. The molecule has 1 aromatic heterocycles. The van der Waals surface area contributed by atoms with E-state index < -0.39 is 0 Å². The van der Waals surface area contributed by atoms with Gasteiger partial charge in [-0.05, 0) is 31.7 Å². The highest BCUT2D eigenvalue weighted by Gasteiger charge is 2.18. The number of halogens is 1. The van der Waals surface area contributed by atoms with E-state index in [9.17, 15) is 9.18 Å². The third-order valence-electron chi connectivity index (χ3n) is 3.50. The highest BCUT2D eigenvalue weighted by Crippen LogP contribution is 2.14. The fourth-order valence-electron chi connectivity index (χ4n) is 2.21. The van der Waals surface area contributed by atoms with Gasteiger partial charge in [0, 0.05) is 12.5 Å². The second kappa shape index (κ2) is 8.01. The zero-order valence-corrected chi connectivity index (χ0v) is 14.4. The van der Waals surface area contributed by atoms with Crippen molar-refractivity contribution in [2.24, 2.45) is 0 Å². The molecule has 1 heterocycles. The van der Waals surface area contributed by atoms with Crippen molar-refractivity contribution in [3.05, 3.63) is 47.4 Å². The van der Waals surface area contributed by atoms with Crippen molar-refractivity contribution in [2.45, 2.75) is 39.3 Å². The summed E-state index contributed by atoms with van der Waals surface area (Å²) in [6.45, 7) is 6.52. The van der Waals surface area contributed by atoms with Gasteiger partial charge in [-0.2, -0.15) is 4.98 Å². The molecule has 0 radical (unpaired) electrons. The van der Waals surface area contributed by atoms with Gasteiger partial charge in [0.1, 0.15) is 11.9 Å². The van der Waals surface area contributed by atoms with Crippen molar-refractivity contribution in [1.82, 2.24) is 20.4 Å². The number of carbonyl (C=O) groups excluding carboxylic acids is 1. The third kappa shape index (κ3) is 5.13. The fourth-order valence-corrected chi connectivity index (χ4v) is 2.21. The predicted molar refractivity (Wildman–Crippen MR) is 87.7 cm³/mol. The molecule has 0 aliphatic carbocycles. The quantitative estimate of drug-likeness (QED) is 0.843. The van der Waals surface area contributed by atoms with E-state index in [0.717, 1.165) is 5.56 Å². The van der Waals surface area contributed by atoms with E-state index in [-0.39, 0.29) is 30.2 Å². The predicted octanol–water partition coefficient (Wildman–Crippen LogP) is 2.64. The molecule has 7 heteroatoms. The Labute approximate surface area is 141 Å². The van der Waals surface area contributed by atoms with Crippen LogP contribution in [-0.2, 0) is 11.3 Å². The first-order valence-corrected chi connectivity index (χ1v) is 7.91. The van der Waals surface area contributed by atoms with Crippen molar-refractivity contribution in [2.75, 3.05) is 13.6 Å². The maximum atomic E-state index is 12.9. The second-order valence-electron chi connectivity index (χ2n) is 6.23. The number of amides is 1. The monoisotopic (exact) mass is 334 g/mol. The number of benzene rings is 1. The molecule has 1 aromatic carbocycles. The molecule has 1 atom stereocenters. The van der Waals surface area contributed by atoms with Crippen LogP contribution in [-0.4, -0.2) is 34.5 Å². The largest absolute Gasteiger partial charge is 0.343 e. The molecule has 130 valence electrons. The fraction of sp³-hybridized carbons (Fsp3) is 0.471. The Morgan fingerprint density at radius 2 is 1.96 bits per heavy atom. The highest BCUT2D eigenvalue weighted by atomic mass is 19.1. The Hall–Kier alpha value is -2.28. The third-order valence-corrected chi connectivity index (χ3v) is 3.50. The number of nitrogens with one attached hydrogen (secondary N) is 1. The van der Waals surface area contributed by atoms with E-state index in [4.69, 9.17) is 4.52 Å². The average Bonchev–Trinajstić information content (AvgIpc) is 2.99. The summed E-state index contributed by atoms with van der Waals surface area (Å²) in [6.07, 6.45) is 0. The molecule has 6 nitrogen and oxygen atoms in total. The van der Waals surface area contributed by atoms with Crippen molar-refractivity contribution < 1.29 is 13.7 Å². The van der Waals surface area contributed by atoms with Gasteiger partial charge in [0.25, 0.3) is 0 Å². The lowest BCUT2D eigenvalue weighted by Crippen LogP contribution is -2.36. The standard InChI is InChI=1S/C17H23FN4O2/c1-11(2)16-20-17(24-21-16)12(3)19-15(23)10-22(4)9-13-5-7-14(18)8-6-13/h5-8,11-12H,9-10H2,1-4H3,(H,19,23). The summed E-state index contributed by atoms with van der Waals surface area (Å²) in [5.74, 6) is 0.782. The van der Waals surface area contributed by atoms with Crippen LogP contribution in [0, 0.1) is 5.82 Å². The summed E-state index contributed by atoms with van der Waals surface area (Å²) in [7, 11) is 1.83. The number of nitrogens with zero attached hydrogens (tertiary/aromatic N) is 3. The molecule has 0 aliphatic heterocycles. The van der Waals surface area contributed by atoms with E-state index in [0.29, 0.717) is 18.3 Å². The van der Waals surface area contributed by atoms with Crippen molar-refractivity contribution >= 4 is 5.91 Å². The normalized spacial score (nSPS) is 12.6. The van der Waals surface area contributed by atoms with E-state index in [1.165, 1.54) is 12.1 Å². The van der Waals surface area contributed by atoms with Gasteiger partial charge in [-0.25, -0.2) is 4.39 Å². The van der Waals surface area contributed by atoms with Crippen molar-refractivity contribution in [3.8, 4) is 0 Å². The smallest absolute Gasteiger partial charge is 0.248 e. The lowest BCUT2D eigenvalue weighted by atomic mass is 10.2. The number of rotatable bonds is 7. The number of carbonyl (C=O) groups is 1. The Bertz CT molecular complexity index is 669. The summed E-state index contributed by atoms with van der Waals surface area (Å²) in [6, 6.07) is 5.88. The first-order chi connectivity index (χ1) is 11.3. The Morgan fingerprint density at radius 1 is 1.29 bits per heavy atom. The molecule has 1 N–H and O–H groups in total. The maximum Gasteiger partial charge on any atom is 0.248 e. The van der Waals surface area contributed by atoms with Gasteiger partial charge >= 0.3 is 0 Å². The lowest BCUT2D eigenvalue weighted by molar-refractivity contribution is -0.122. The number of hydrogen-bond donors (Lipinski definition) is 1. The molecule has 24 heavy (non-hydrogen) atoms. The molecular formula is C17H23FN4O2. The molecule has 0 spiro atoms. The van der Waals surface area contributed by atoms with Crippen LogP contribution in [0.4, 0.5) is 4.39 Å². The van der Waals surface area contributed by atoms with Crippen LogP contribution in [0.2, 0.25) is 0 Å². The molecule has 2 aromatic rings. The summed E-state index contributed by atoms with van der Waals surface area (Å²) in [5.41, 5.74) is 0.943. The van der Waals surface area contributed by atoms with Crippen LogP contribution in [0.5, 0.6) is 0 Å². The van der Waals surface area contributed by atoms with Gasteiger partial charge in [-0.1, -0.05) is 31.1 Å². The van der Waals surface area contributed by atoms with Crippen molar-refractivity contribution in [3.63, 3.8) is 0 Å². The van der Waals surface area contributed by atoms with Crippen LogP contribution in [0.25, 0.3) is 0 Å². The van der Waals surface area contributed by atoms with Gasteiger partial charge in [-0.3, -0.25) is 9.69 Å². The minimum atomic E-state index is -0.350. The molecule has 0 saturated carbocycles.